The summed E-state index contributed by atoms with van der Waals surface area (Å²) in [4.78, 5) is 0. The monoisotopic (exact) mass is 376 g/mol. The molecule has 7 nitrogen and oxygen atoms in total. The Morgan fingerprint density at radius 2 is 1.71 bits per heavy atom. The van der Waals surface area contributed by atoms with Crippen LogP contribution in [0.15, 0.2) is 0 Å². The molecule has 3 aliphatic heterocycles. The van der Waals surface area contributed by atoms with Gasteiger partial charge in [-0.15, -0.1) is 0 Å². The quantitative estimate of drug-likeness (QED) is 0.741. The summed E-state index contributed by atoms with van der Waals surface area (Å²) in [5.74, 6) is -1.95. The van der Waals surface area contributed by atoms with Crippen molar-refractivity contribution in [1.82, 2.24) is 0 Å². The molecule has 3 fully saturated rings. The summed E-state index contributed by atoms with van der Waals surface area (Å²) >= 11 is -3.51. The minimum absolute atomic E-state index is 0.0962. The summed E-state index contributed by atoms with van der Waals surface area (Å²) < 4.78 is 81.8. The van der Waals surface area contributed by atoms with Crippen LogP contribution in [0.25, 0.3) is 0 Å². The number of rotatable bonds is 3. The number of ether oxygens (including phenoxy) is 5. The van der Waals surface area contributed by atoms with Gasteiger partial charge in [0, 0.05) is 0 Å². The van der Waals surface area contributed by atoms with E-state index in [0.29, 0.717) is 0 Å². The predicted molar refractivity (Wildman–Crippen MR) is 72.7 cm³/mol. The Labute approximate surface area is 139 Å². The fourth-order valence-electron chi connectivity index (χ4n) is 2.95. The minimum Gasteiger partial charge on any atom is -0.348 e. The highest BCUT2D eigenvalue weighted by Crippen LogP contribution is 2.42. The van der Waals surface area contributed by atoms with E-state index < -0.39 is 58.9 Å². The van der Waals surface area contributed by atoms with Gasteiger partial charge in [0.15, 0.2) is 17.9 Å². The molecule has 0 N–H and O–H groups in total. The third-order valence-electron chi connectivity index (χ3n) is 3.81. The van der Waals surface area contributed by atoms with Crippen LogP contribution in [0.4, 0.5) is 13.2 Å². The van der Waals surface area contributed by atoms with Crippen LogP contribution in [0.3, 0.4) is 0 Å². The van der Waals surface area contributed by atoms with Gasteiger partial charge in [0.1, 0.15) is 24.4 Å². The Hall–Kier alpha value is -0.300. The molecule has 0 aromatic rings. The number of fused-ring (bicyclic) bond motifs is 1. The zero-order valence-electron chi connectivity index (χ0n) is 13.5. The van der Waals surface area contributed by atoms with Crippen LogP contribution in [0.2, 0.25) is 0 Å². The summed E-state index contributed by atoms with van der Waals surface area (Å²) in [5, 5.41) is 0. The van der Waals surface area contributed by atoms with Crippen molar-refractivity contribution in [3.63, 3.8) is 0 Å². The second kappa shape index (κ2) is 5.86. The van der Waals surface area contributed by atoms with Gasteiger partial charge in [-0.1, -0.05) is 0 Å². The molecule has 0 aromatic carbocycles. The van der Waals surface area contributed by atoms with Crippen LogP contribution >= 0.6 is 0 Å². The molecule has 11 heteroatoms. The van der Waals surface area contributed by atoms with E-state index in [9.17, 15) is 17.4 Å². The second-order valence-electron chi connectivity index (χ2n) is 6.68. The normalized spacial score (nSPS) is 42.2. The number of hydrogen-bond acceptors (Lipinski definition) is 7. The molecule has 3 rings (SSSR count). The molecule has 0 spiro atoms. The van der Waals surface area contributed by atoms with Gasteiger partial charge < -0.3 is 23.7 Å². The number of halogens is 3. The molecule has 140 valence electrons. The van der Waals surface area contributed by atoms with Crippen LogP contribution in [-0.2, 0) is 38.9 Å². The second-order valence-corrected chi connectivity index (χ2v) is 7.80. The molecule has 0 saturated carbocycles. The highest BCUT2D eigenvalue weighted by atomic mass is 32.2. The molecule has 3 saturated heterocycles. The zero-order valence-corrected chi connectivity index (χ0v) is 14.3. The summed E-state index contributed by atoms with van der Waals surface area (Å²) in [6.07, 6.45) is -4.83. The molecule has 0 aliphatic carbocycles. The smallest absolute Gasteiger partial charge is 0.348 e. The average molecular weight is 376 g/mol. The maximum atomic E-state index is 12.6. The zero-order chi connectivity index (χ0) is 17.9. The molecular weight excluding hydrogens is 357 g/mol. The van der Waals surface area contributed by atoms with Crippen molar-refractivity contribution in [3.05, 3.63) is 0 Å². The Balaban J connectivity index is 1.79. The molecule has 0 radical (unpaired) electrons. The van der Waals surface area contributed by atoms with Gasteiger partial charge in [0.2, 0.25) is 0 Å². The fourth-order valence-corrected chi connectivity index (χ4v) is 3.48. The third-order valence-corrected chi connectivity index (χ3v) is 4.59. The fraction of sp³-hybridized carbons (Fsp3) is 1.00. The highest BCUT2D eigenvalue weighted by Gasteiger charge is 2.60. The van der Waals surface area contributed by atoms with Gasteiger partial charge in [0.25, 0.3) is 11.1 Å². The van der Waals surface area contributed by atoms with Gasteiger partial charge in [-0.2, -0.15) is 13.2 Å². The topological polar surface area (TPSA) is 72.5 Å². The highest BCUT2D eigenvalue weighted by molar-refractivity contribution is 7.81. The van der Waals surface area contributed by atoms with Crippen molar-refractivity contribution in [1.29, 1.82) is 0 Å². The van der Waals surface area contributed by atoms with Crippen molar-refractivity contribution >= 4 is 11.1 Å². The lowest BCUT2D eigenvalue weighted by molar-refractivity contribution is -0.230. The van der Waals surface area contributed by atoms with Crippen molar-refractivity contribution in [2.45, 2.75) is 75.5 Å². The summed E-state index contributed by atoms with van der Waals surface area (Å²) in [6, 6.07) is 0. The summed E-state index contributed by atoms with van der Waals surface area (Å²) in [7, 11) is 0. The summed E-state index contributed by atoms with van der Waals surface area (Å²) in [5.41, 5.74) is -5.01. The molecule has 1 unspecified atom stereocenters. The predicted octanol–water partition coefficient (Wildman–Crippen LogP) is 1.58. The van der Waals surface area contributed by atoms with Gasteiger partial charge in [-0.25, -0.2) is 4.21 Å². The number of hydrogen-bond donors (Lipinski definition) is 0. The first-order chi connectivity index (χ1) is 10.9. The van der Waals surface area contributed by atoms with Crippen molar-refractivity contribution in [2.75, 3.05) is 6.61 Å². The van der Waals surface area contributed by atoms with Crippen molar-refractivity contribution in [2.24, 2.45) is 0 Å². The SMILES string of the molecule is CC1(C)O[C@H]2O[C@H]([C@H]3COC(C)(C)O3)[C@H](OS(=O)C(F)(F)F)[C@H]2O1. The van der Waals surface area contributed by atoms with Crippen LogP contribution in [0.1, 0.15) is 27.7 Å². The maximum absolute atomic E-state index is 12.6. The van der Waals surface area contributed by atoms with E-state index in [1.54, 1.807) is 27.7 Å². The lowest BCUT2D eigenvalue weighted by Gasteiger charge is -2.28. The van der Waals surface area contributed by atoms with E-state index in [1.165, 1.54) is 0 Å². The molecule has 0 aromatic heterocycles. The van der Waals surface area contributed by atoms with E-state index in [0.717, 1.165) is 0 Å². The molecule has 0 amide bonds. The van der Waals surface area contributed by atoms with E-state index in [4.69, 9.17) is 27.9 Å². The molecular formula is C13H19F3O7S. The Kier molecular flexibility index (Phi) is 4.52. The first-order valence-electron chi connectivity index (χ1n) is 7.37. The van der Waals surface area contributed by atoms with Gasteiger partial charge in [-0.05, 0) is 27.7 Å². The summed E-state index contributed by atoms with van der Waals surface area (Å²) in [6.45, 7) is 6.63. The lowest BCUT2D eigenvalue weighted by atomic mass is 10.1. The standard InChI is InChI=1S/C13H19F3O7S/c1-11(2)18-5-6(20-11)7-8(23-24(17)13(14,15)16)9-10(19-7)22-12(3,4)21-9/h6-10H,5H2,1-4H3/t6-,7-,8+,9-,10-,24?/m1/s1. The van der Waals surface area contributed by atoms with E-state index in [1.807, 2.05) is 0 Å². The molecule has 0 bridgehead atoms. The molecule has 3 aliphatic rings. The largest absolute Gasteiger partial charge is 0.497 e. The molecule has 3 heterocycles. The van der Waals surface area contributed by atoms with Crippen LogP contribution < -0.4 is 0 Å². The first kappa shape index (κ1) is 18.5. The van der Waals surface area contributed by atoms with E-state index in [-0.39, 0.29) is 6.61 Å². The first-order valence-corrected chi connectivity index (χ1v) is 8.44. The van der Waals surface area contributed by atoms with Gasteiger partial charge >= 0.3 is 5.51 Å². The van der Waals surface area contributed by atoms with E-state index >= 15 is 0 Å². The van der Waals surface area contributed by atoms with Gasteiger partial charge in [0.05, 0.1) is 6.61 Å². The Morgan fingerprint density at radius 3 is 2.25 bits per heavy atom. The molecule has 6 atom stereocenters. The van der Waals surface area contributed by atoms with Crippen LogP contribution in [0.5, 0.6) is 0 Å². The third kappa shape index (κ3) is 3.62. The maximum Gasteiger partial charge on any atom is 0.497 e. The van der Waals surface area contributed by atoms with Crippen LogP contribution in [-0.4, -0.2) is 58.6 Å². The number of alkyl halides is 3. The van der Waals surface area contributed by atoms with Crippen molar-refractivity contribution in [3.8, 4) is 0 Å². The van der Waals surface area contributed by atoms with Crippen LogP contribution in [0, 0.1) is 0 Å². The Bertz CT molecular complexity index is 524. The van der Waals surface area contributed by atoms with Crippen molar-refractivity contribution < 1.29 is 45.2 Å². The molecule has 24 heavy (non-hydrogen) atoms. The van der Waals surface area contributed by atoms with Gasteiger partial charge in [-0.3, -0.25) is 4.18 Å². The average Bonchev–Trinajstić information content (AvgIpc) is 3.00. The minimum atomic E-state index is -5.01. The Morgan fingerprint density at radius 1 is 1.04 bits per heavy atom. The van der Waals surface area contributed by atoms with E-state index in [2.05, 4.69) is 0 Å². The lowest BCUT2D eigenvalue weighted by Crippen LogP contribution is -2.45.